The number of unbranched alkanes of at least 4 members (excludes halogenated alkanes) is 16. The molecular formula is C28H54N2O5. The third kappa shape index (κ3) is 22.6. The molecule has 7 heteroatoms. The van der Waals surface area contributed by atoms with Crippen molar-refractivity contribution in [3.8, 4) is 0 Å². The molecule has 1 amide bonds. The number of aliphatic hydroxyl groups is 1. The molecule has 0 aromatic rings. The summed E-state index contributed by atoms with van der Waals surface area (Å²) in [5.74, 6) is -1.70. The first-order valence-electron chi connectivity index (χ1n) is 14.4. The van der Waals surface area contributed by atoms with Crippen molar-refractivity contribution in [2.24, 2.45) is 5.16 Å². The quantitative estimate of drug-likeness (QED) is 0.0693. The summed E-state index contributed by atoms with van der Waals surface area (Å²) in [4.78, 5) is 28.8. The number of rotatable bonds is 26. The predicted molar refractivity (Wildman–Crippen MR) is 144 cm³/mol. The number of nitrogens with one attached hydrogen (secondary N) is 1. The lowest BCUT2D eigenvalue weighted by atomic mass is 10.0. The van der Waals surface area contributed by atoms with Crippen molar-refractivity contribution in [3.05, 3.63) is 0 Å². The van der Waals surface area contributed by atoms with Crippen LogP contribution in [-0.4, -0.2) is 47.1 Å². The molecule has 0 spiro atoms. The lowest BCUT2D eigenvalue weighted by Gasteiger charge is -2.12. The van der Waals surface area contributed by atoms with Crippen LogP contribution >= 0.6 is 0 Å². The molecule has 0 saturated heterocycles. The zero-order chi connectivity index (χ0) is 26.0. The summed E-state index contributed by atoms with van der Waals surface area (Å²) in [6.45, 7) is 4.33. The minimum Gasteiger partial charge on any atom is -0.480 e. The Balaban J connectivity index is 4.17. The third-order valence-corrected chi connectivity index (χ3v) is 6.28. The minimum absolute atomic E-state index is 0.00211. The van der Waals surface area contributed by atoms with Crippen LogP contribution in [0, 0.1) is 0 Å². The van der Waals surface area contributed by atoms with E-state index in [1.807, 2.05) is 0 Å². The molecule has 206 valence electrons. The zero-order valence-electron chi connectivity index (χ0n) is 22.7. The van der Waals surface area contributed by atoms with Crippen LogP contribution in [0.25, 0.3) is 0 Å². The number of carboxylic acid groups (broad SMARTS) is 1. The number of amides is 1. The number of carboxylic acids is 1. The summed E-state index contributed by atoms with van der Waals surface area (Å²) < 4.78 is 0. The Hall–Kier alpha value is -1.63. The van der Waals surface area contributed by atoms with Crippen LogP contribution in [0.3, 0.4) is 0 Å². The van der Waals surface area contributed by atoms with Gasteiger partial charge in [-0.3, -0.25) is 4.79 Å². The van der Waals surface area contributed by atoms with Crippen molar-refractivity contribution >= 4 is 17.6 Å². The Morgan fingerprint density at radius 3 is 1.66 bits per heavy atom. The highest BCUT2D eigenvalue weighted by atomic mass is 16.6. The van der Waals surface area contributed by atoms with E-state index in [-0.39, 0.29) is 6.42 Å². The van der Waals surface area contributed by atoms with E-state index in [0.29, 0.717) is 18.7 Å². The molecule has 0 unspecified atom stereocenters. The smallest absolute Gasteiger partial charge is 0.328 e. The number of aliphatic hydroxyl groups excluding tert-OH is 1. The van der Waals surface area contributed by atoms with Crippen LogP contribution in [0.2, 0.25) is 0 Å². The van der Waals surface area contributed by atoms with E-state index in [4.69, 9.17) is 15.1 Å². The summed E-state index contributed by atoms with van der Waals surface area (Å²) in [5.41, 5.74) is 0.640. The van der Waals surface area contributed by atoms with Crippen molar-refractivity contribution in [3.63, 3.8) is 0 Å². The molecule has 0 fully saturated rings. The first kappa shape index (κ1) is 33.4. The fourth-order valence-corrected chi connectivity index (χ4v) is 4.04. The highest BCUT2D eigenvalue weighted by Crippen LogP contribution is 2.14. The number of carbonyl (C=O) groups is 2. The largest absolute Gasteiger partial charge is 0.480 e. The van der Waals surface area contributed by atoms with E-state index in [1.54, 1.807) is 0 Å². The van der Waals surface area contributed by atoms with Crippen molar-refractivity contribution in [2.75, 3.05) is 13.2 Å². The lowest BCUT2D eigenvalue weighted by molar-refractivity contribution is -0.142. The van der Waals surface area contributed by atoms with Crippen molar-refractivity contribution in [2.45, 2.75) is 148 Å². The van der Waals surface area contributed by atoms with Crippen LogP contribution in [0.4, 0.5) is 0 Å². The summed E-state index contributed by atoms with van der Waals surface area (Å²) in [5, 5.41) is 24.7. The molecule has 0 bridgehead atoms. The van der Waals surface area contributed by atoms with Gasteiger partial charge in [-0.25, -0.2) is 4.79 Å². The highest BCUT2D eigenvalue weighted by molar-refractivity contribution is 6.01. The topological polar surface area (TPSA) is 108 Å². The van der Waals surface area contributed by atoms with Crippen molar-refractivity contribution in [1.29, 1.82) is 0 Å². The maximum atomic E-state index is 12.2. The van der Waals surface area contributed by atoms with E-state index in [0.717, 1.165) is 25.7 Å². The average Bonchev–Trinajstić information content (AvgIpc) is 2.84. The van der Waals surface area contributed by atoms with Gasteiger partial charge in [-0.05, 0) is 25.7 Å². The summed E-state index contributed by atoms with van der Waals surface area (Å²) in [6.07, 6.45) is 22.9. The molecule has 0 aromatic heterocycles. The maximum absolute atomic E-state index is 12.2. The van der Waals surface area contributed by atoms with Crippen LogP contribution in [0.5, 0.6) is 0 Å². The van der Waals surface area contributed by atoms with Crippen LogP contribution < -0.4 is 5.32 Å². The maximum Gasteiger partial charge on any atom is 0.328 e. The SMILES string of the molecule is CCCCCCCCCCCCCCCC(CC(=O)N[C@@H](CO)C(=O)O)=NOCCCCCCC. The molecule has 0 radical (unpaired) electrons. The van der Waals surface area contributed by atoms with Gasteiger partial charge in [-0.2, -0.15) is 0 Å². The Kier molecular flexibility index (Phi) is 24.3. The highest BCUT2D eigenvalue weighted by Gasteiger charge is 2.19. The monoisotopic (exact) mass is 498 g/mol. The van der Waals surface area contributed by atoms with E-state index in [9.17, 15) is 9.59 Å². The van der Waals surface area contributed by atoms with E-state index in [2.05, 4.69) is 24.3 Å². The van der Waals surface area contributed by atoms with Gasteiger partial charge in [0.25, 0.3) is 0 Å². The number of hydrogen-bond donors (Lipinski definition) is 3. The van der Waals surface area contributed by atoms with E-state index < -0.39 is 24.5 Å². The van der Waals surface area contributed by atoms with Crippen molar-refractivity contribution in [1.82, 2.24) is 5.32 Å². The summed E-state index contributed by atoms with van der Waals surface area (Å²) in [6, 6.07) is -1.29. The second-order valence-electron chi connectivity index (χ2n) is 9.72. The molecule has 0 aliphatic rings. The van der Waals surface area contributed by atoms with Gasteiger partial charge in [-0.1, -0.05) is 115 Å². The van der Waals surface area contributed by atoms with Crippen LogP contribution in [-0.2, 0) is 14.4 Å². The molecule has 0 aliphatic carbocycles. The number of aliphatic carboxylic acids is 1. The number of nitrogens with zero attached hydrogens (tertiary/aromatic N) is 1. The number of hydrogen-bond acceptors (Lipinski definition) is 5. The lowest BCUT2D eigenvalue weighted by Crippen LogP contribution is -2.43. The van der Waals surface area contributed by atoms with Crippen LogP contribution in [0.15, 0.2) is 5.16 Å². The standard InChI is InChI=1S/C28H54N2O5/c1-3-5-7-9-10-11-12-13-14-15-16-17-19-21-25(30-35-22-20-18-8-6-4-2)23-27(32)29-26(24-31)28(33)34/h26,31H,3-24H2,1-2H3,(H,29,32)(H,33,34)/t26-/m0/s1. The predicted octanol–water partition coefficient (Wildman–Crippen LogP) is 6.76. The molecule has 35 heavy (non-hydrogen) atoms. The second-order valence-corrected chi connectivity index (χ2v) is 9.72. The fraction of sp³-hybridized carbons (Fsp3) is 0.893. The molecule has 0 aliphatic heterocycles. The molecule has 0 heterocycles. The Morgan fingerprint density at radius 1 is 0.743 bits per heavy atom. The van der Waals surface area contributed by atoms with Gasteiger partial charge in [-0.15, -0.1) is 0 Å². The number of carbonyl (C=O) groups excluding carboxylic acids is 1. The van der Waals surface area contributed by atoms with Gasteiger partial charge in [0.2, 0.25) is 5.91 Å². The molecule has 0 saturated carbocycles. The van der Waals surface area contributed by atoms with E-state index in [1.165, 1.54) is 89.9 Å². The van der Waals surface area contributed by atoms with Gasteiger partial charge in [0.1, 0.15) is 12.6 Å². The molecule has 7 nitrogen and oxygen atoms in total. The molecule has 1 atom stereocenters. The third-order valence-electron chi connectivity index (χ3n) is 6.28. The average molecular weight is 499 g/mol. The van der Waals surface area contributed by atoms with Gasteiger partial charge < -0.3 is 20.4 Å². The Bertz CT molecular complexity index is 539. The molecule has 0 rings (SSSR count). The van der Waals surface area contributed by atoms with E-state index >= 15 is 0 Å². The second kappa shape index (κ2) is 25.5. The molecule has 3 N–H and O–H groups in total. The van der Waals surface area contributed by atoms with Crippen LogP contribution in [0.1, 0.15) is 142 Å². The first-order chi connectivity index (χ1) is 17.0. The first-order valence-corrected chi connectivity index (χ1v) is 14.4. The van der Waals surface area contributed by atoms with Gasteiger partial charge in [0.15, 0.2) is 0 Å². The van der Waals surface area contributed by atoms with Gasteiger partial charge in [0.05, 0.1) is 18.7 Å². The normalized spacial score (nSPS) is 12.5. The fourth-order valence-electron chi connectivity index (χ4n) is 4.04. The minimum atomic E-state index is -1.29. The summed E-state index contributed by atoms with van der Waals surface area (Å²) in [7, 11) is 0. The summed E-state index contributed by atoms with van der Waals surface area (Å²) >= 11 is 0. The number of oxime groups is 1. The zero-order valence-corrected chi connectivity index (χ0v) is 22.7. The Labute approximate surface area is 214 Å². The molecular weight excluding hydrogens is 444 g/mol. The van der Waals surface area contributed by atoms with Gasteiger partial charge >= 0.3 is 5.97 Å². The Morgan fingerprint density at radius 2 is 1.20 bits per heavy atom. The van der Waals surface area contributed by atoms with Crippen molar-refractivity contribution < 1.29 is 24.6 Å². The molecule has 0 aromatic carbocycles. The van der Waals surface area contributed by atoms with Gasteiger partial charge in [0, 0.05) is 0 Å².